The van der Waals surface area contributed by atoms with Crippen molar-refractivity contribution in [3.63, 3.8) is 0 Å². The van der Waals surface area contributed by atoms with Crippen molar-refractivity contribution in [1.29, 1.82) is 0 Å². The third-order valence-electron chi connectivity index (χ3n) is 10.1. The molecule has 3 atom stereocenters. The van der Waals surface area contributed by atoms with Crippen molar-refractivity contribution < 1.29 is 47.5 Å². The Kier molecular flexibility index (Phi) is 41.3. The maximum Gasteiger partial charge on any atom is 0.472 e. The summed E-state index contributed by atoms with van der Waals surface area (Å²) in [5, 5.41) is 8.90. The smallest absolute Gasteiger partial charge is 0.472 e. The first-order valence-corrected chi connectivity index (χ1v) is 25.2. The van der Waals surface area contributed by atoms with Gasteiger partial charge in [-0.3, -0.25) is 23.4 Å². The molecule has 0 rings (SSSR count). The van der Waals surface area contributed by atoms with Crippen LogP contribution in [0.3, 0.4) is 0 Å². The Hall–Kier alpha value is -2.56. The molecule has 11 nitrogen and oxygen atoms in total. The van der Waals surface area contributed by atoms with Gasteiger partial charge in [0.1, 0.15) is 12.6 Å². The van der Waals surface area contributed by atoms with Crippen LogP contribution in [0, 0.1) is 0 Å². The predicted octanol–water partition coefficient (Wildman–Crippen LogP) is 13.0. The molecule has 12 heteroatoms. The largest absolute Gasteiger partial charge is 0.480 e. The lowest BCUT2D eigenvalue weighted by Gasteiger charge is -2.20. The molecule has 0 heterocycles. The molecule has 0 aliphatic carbocycles. The quantitative estimate of drug-likeness (QED) is 0.0230. The summed E-state index contributed by atoms with van der Waals surface area (Å²) >= 11 is 0. The van der Waals surface area contributed by atoms with E-state index in [1.807, 2.05) is 0 Å². The second kappa shape index (κ2) is 43.1. The van der Waals surface area contributed by atoms with E-state index in [0.717, 1.165) is 57.8 Å². The minimum atomic E-state index is -4.73. The van der Waals surface area contributed by atoms with Crippen LogP contribution in [0.1, 0.15) is 206 Å². The number of aliphatic carboxylic acids is 1. The third-order valence-corrected chi connectivity index (χ3v) is 11.0. The highest BCUT2D eigenvalue weighted by molar-refractivity contribution is 7.47. The molecule has 0 aliphatic rings. The van der Waals surface area contributed by atoms with Gasteiger partial charge in [-0.05, 0) is 51.4 Å². The highest BCUT2D eigenvalue weighted by Gasteiger charge is 2.28. The lowest BCUT2D eigenvalue weighted by molar-refractivity contribution is -0.161. The fourth-order valence-corrected chi connectivity index (χ4v) is 7.19. The molecule has 0 amide bonds. The zero-order valence-electron chi connectivity index (χ0n) is 37.8. The Balaban J connectivity index is 4.31. The monoisotopic (exact) mass is 868 g/mol. The minimum absolute atomic E-state index is 0.154. The standard InChI is InChI=1S/C48H86NO10P/c1-3-5-7-9-11-13-15-17-19-20-21-22-23-24-26-28-30-32-34-36-38-40-47(51)59-44(42-57-60(54,55)58-43-45(49)48(52)53)41-56-46(50)39-37-35-33-31-29-27-25-18-16-14-12-10-8-6-4-2/h6,8,12,14,18,25,29,31,44-45H,3-5,7,9-11,13,15-17,19-24,26-28,30,32-43,49H2,1-2H3,(H,52,53)(H,54,55)/b8-6+,14-12+,25-18+,31-29+/t44-,45-/m0/s1. The molecule has 0 aromatic heterocycles. The summed E-state index contributed by atoms with van der Waals surface area (Å²) in [7, 11) is -4.73. The Morgan fingerprint density at radius 1 is 0.533 bits per heavy atom. The molecular formula is C48H86NO10P. The molecule has 0 aromatic rings. The number of phosphoric ester groups is 1. The molecule has 348 valence electrons. The van der Waals surface area contributed by atoms with E-state index in [-0.39, 0.29) is 19.4 Å². The van der Waals surface area contributed by atoms with Crippen molar-refractivity contribution in [3.8, 4) is 0 Å². The van der Waals surface area contributed by atoms with Crippen molar-refractivity contribution in [2.24, 2.45) is 5.73 Å². The van der Waals surface area contributed by atoms with E-state index in [0.29, 0.717) is 12.8 Å². The maximum atomic E-state index is 12.7. The molecule has 0 aromatic carbocycles. The number of phosphoric acid groups is 1. The van der Waals surface area contributed by atoms with E-state index in [9.17, 15) is 23.8 Å². The van der Waals surface area contributed by atoms with Crippen LogP contribution in [0.25, 0.3) is 0 Å². The lowest BCUT2D eigenvalue weighted by Crippen LogP contribution is -2.34. The maximum absolute atomic E-state index is 12.7. The predicted molar refractivity (Wildman–Crippen MR) is 245 cm³/mol. The van der Waals surface area contributed by atoms with Gasteiger partial charge < -0.3 is 25.2 Å². The number of carboxylic acids is 1. The Morgan fingerprint density at radius 2 is 0.933 bits per heavy atom. The molecule has 0 saturated heterocycles. The SMILES string of the molecule is CC/C=C/C/C=C/C/C=C/C/C=C/CCCCC(=O)OC[C@@H](COP(=O)(O)OC[C@H](N)C(=O)O)OC(=O)CCCCCCCCCCCCCCCCCCCCCCC. The molecule has 4 N–H and O–H groups in total. The van der Waals surface area contributed by atoms with Crippen LogP contribution in [-0.4, -0.2) is 59.9 Å². The van der Waals surface area contributed by atoms with Crippen molar-refractivity contribution >= 4 is 25.7 Å². The molecule has 0 spiro atoms. The molecule has 0 saturated carbocycles. The highest BCUT2D eigenvalue weighted by atomic mass is 31.2. The zero-order chi connectivity index (χ0) is 44.2. The number of carbonyl (C=O) groups excluding carboxylic acids is 2. The second-order valence-corrected chi connectivity index (χ2v) is 17.3. The summed E-state index contributed by atoms with van der Waals surface area (Å²) in [6, 6.07) is -1.53. The number of unbranched alkanes of at least 4 members (excludes halogenated alkanes) is 22. The number of nitrogens with two attached hydrogens (primary N) is 1. The van der Waals surface area contributed by atoms with Crippen LogP contribution in [0.2, 0.25) is 0 Å². The molecule has 0 fully saturated rings. The number of esters is 2. The number of rotatable bonds is 44. The summed E-state index contributed by atoms with van der Waals surface area (Å²) < 4.78 is 32.7. The van der Waals surface area contributed by atoms with Crippen molar-refractivity contribution in [2.45, 2.75) is 219 Å². The summed E-state index contributed by atoms with van der Waals surface area (Å²) in [5.41, 5.74) is 5.34. The fraction of sp³-hybridized carbons (Fsp3) is 0.771. The number of carbonyl (C=O) groups is 3. The normalized spacial score (nSPS) is 14.1. The molecule has 0 aliphatic heterocycles. The average molecular weight is 868 g/mol. The van der Waals surface area contributed by atoms with Gasteiger partial charge >= 0.3 is 25.7 Å². The number of ether oxygens (including phenoxy) is 2. The van der Waals surface area contributed by atoms with E-state index in [2.05, 4.69) is 67.0 Å². The van der Waals surface area contributed by atoms with Crippen LogP contribution < -0.4 is 5.73 Å². The van der Waals surface area contributed by atoms with Gasteiger partial charge in [0.2, 0.25) is 0 Å². The van der Waals surface area contributed by atoms with E-state index in [1.165, 1.54) is 109 Å². The number of carboxylic acid groups (broad SMARTS) is 1. The number of hydrogen-bond donors (Lipinski definition) is 3. The lowest BCUT2D eigenvalue weighted by atomic mass is 10.0. The topological polar surface area (TPSA) is 172 Å². The molecule has 1 unspecified atom stereocenters. The van der Waals surface area contributed by atoms with Crippen LogP contribution >= 0.6 is 7.82 Å². The molecular weight excluding hydrogens is 781 g/mol. The Morgan fingerprint density at radius 3 is 1.40 bits per heavy atom. The summed E-state index contributed by atoms with van der Waals surface area (Å²) in [4.78, 5) is 46.0. The Bertz CT molecular complexity index is 1200. The molecule has 0 bridgehead atoms. The van der Waals surface area contributed by atoms with Gasteiger partial charge in [-0.2, -0.15) is 0 Å². The van der Waals surface area contributed by atoms with E-state index >= 15 is 0 Å². The third kappa shape index (κ3) is 42.1. The number of hydrogen-bond acceptors (Lipinski definition) is 9. The second-order valence-electron chi connectivity index (χ2n) is 15.9. The van der Waals surface area contributed by atoms with Crippen LogP contribution in [-0.2, 0) is 37.5 Å². The van der Waals surface area contributed by atoms with E-state index in [4.69, 9.17) is 24.8 Å². The first-order valence-electron chi connectivity index (χ1n) is 23.7. The van der Waals surface area contributed by atoms with Gasteiger partial charge in [0.05, 0.1) is 13.2 Å². The van der Waals surface area contributed by atoms with Crippen molar-refractivity contribution in [1.82, 2.24) is 0 Å². The first kappa shape index (κ1) is 57.4. The molecule has 60 heavy (non-hydrogen) atoms. The summed E-state index contributed by atoms with van der Waals surface area (Å²) in [5.74, 6) is -2.43. The van der Waals surface area contributed by atoms with Gasteiger partial charge in [-0.25, -0.2) is 4.57 Å². The van der Waals surface area contributed by atoms with Gasteiger partial charge in [0, 0.05) is 12.8 Å². The molecule has 0 radical (unpaired) electrons. The van der Waals surface area contributed by atoms with Gasteiger partial charge in [-0.15, -0.1) is 0 Å². The van der Waals surface area contributed by atoms with Crippen LogP contribution in [0.15, 0.2) is 48.6 Å². The van der Waals surface area contributed by atoms with E-state index < -0.39 is 51.1 Å². The minimum Gasteiger partial charge on any atom is -0.480 e. The van der Waals surface area contributed by atoms with Gasteiger partial charge in [0.15, 0.2) is 6.10 Å². The fourth-order valence-electron chi connectivity index (χ4n) is 6.41. The van der Waals surface area contributed by atoms with Crippen molar-refractivity contribution in [2.75, 3.05) is 19.8 Å². The van der Waals surface area contributed by atoms with Crippen molar-refractivity contribution in [3.05, 3.63) is 48.6 Å². The zero-order valence-corrected chi connectivity index (χ0v) is 38.7. The summed E-state index contributed by atoms with van der Waals surface area (Å²) in [6.07, 6.45) is 49.0. The highest BCUT2D eigenvalue weighted by Crippen LogP contribution is 2.43. The Labute approximate surface area is 365 Å². The average Bonchev–Trinajstić information content (AvgIpc) is 3.22. The summed E-state index contributed by atoms with van der Waals surface area (Å²) in [6.45, 7) is 2.67. The first-order chi connectivity index (χ1) is 29.1. The van der Waals surface area contributed by atoms with Crippen LogP contribution in [0.4, 0.5) is 0 Å². The van der Waals surface area contributed by atoms with Gasteiger partial charge in [-0.1, -0.05) is 191 Å². The number of allylic oxidation sites excluding steroid dienone is 8. The van der Waals surface area contributed by atoms with Crippen LogP contribution in [0.5, 0.6) is 0 Å². The van der Waals surface area contributed by atoms with E-state index in [1.54, 1.807) is 0 Å². The van der Waals surface area contributed by atoms with Gasteiger partial charge in [0.25, 0.3) is 0 Å².